The molecule has 2 aromatic heterocycles. The molecule has 1 saturated heterocycles. The zero-order chi connectivity index (χ0) is 17.6. The molecule has 1 fully saturated rings. The first-order chi connectivity index (χ1) is 12.1. The first-order valence-corrected chi connectivity index (χ1v) is 8.93. The Morgan fingerprint density at radius 1 is 1.20 bits per heavy atom. The predicted molar refractivity (Wildman–Crippen MR) is 97.3 cm³/mol. The van der Waals surface area contributed by atoms with Crippen molar-refractivity contribution < 1.29 is 14.3 Å². The van der Waals surface area contributed by atoms with Crippen molar-refractivity contribution in [1.82, 2.24) is 9.88 Å². The van der Waals surface area contributed by atoms with Crippen LogP contribution in [0, 0.1) is 0 Å². The number of aliphatic hydroxyl groups is 1. The van der Waals surface area contributed by atoms with Gasteiger partial charge in [-0.05, 0) is 12.1 Å². The van der Waals surface area contributed by atoms with Gasteiger partial charge in [0, 0.05) is 45.1 Å². The number of ether oxygens (including phenoxy) is 1. The van der Waals surface area contributed by atoms with E-state index in [1.54, 1.807) is 18.7 Å². The van der Waals surface area contributed by atoms with Crippen molar-refractivity contribution in [1.29, 1.82) is 0 Å². The summed E-state index contributed by atoms with van der Waals surface area (Å²) < 4.78 is 10.7. The number of aliphatic hydroxyl groups excluding tert-OH is 1. The molecule has 1 aliphatic rings. The molecule has 0 aliphatic carbocycles. The van der Waals surface area contributed by atoms with Gasteiger partial charge in [-0.15, -0.1) is 0 Å². The molecule has 1 atom stereocenters. The van der Waals surface area contributed by atoms with Crippen molar-refractivity contribution in [3.05, 3.63) is 46.6 Å². The molecule has 1 unspecified atom stereocenters. The number of halogens is 2. The quantitative estimate of drug-likeness (QED) is 0.790. The SMILES string of the molecule is OC(COCc1ccco1)CN1CCN(c2c(Cl)cncc2Cl)CC1. The van der Waals surface area contributed by atoms with Crippen LogP contribution in [0.15, 0.2) is 35.2 Å². The maximum atomic E-state index is 10.1. The molecule has 0 bridgehead atoms. The van der Waals surface area contributed by atoms with Gasteiger partial charge in [-0.3, -0.25) is 9.88 Å². The van der Waals surface area contributed by atoms with Gasteiger partial charge in [-0.1, -0.05) is 23.2 Å². The smallest absolute Gasteiger partial charge is 0.129 e. The number of furan rings is 1. The van der Waals surface area contributed by atoms with Gasteiger partial charge in [0.2, 0.25) is 0 Å². The number of β-amino-alcohol motifs (C(OH)–C–C–N with tert-alkyl or cyclic N) is 1. The van der Waals surface area contributed by atoms with Gasteiger partial charge in [0.15, 0.2) is 0 Å². The topological polar surface area (TPSA) is 62.0 Å². The predicted octanol–water partition coefficient (Wildman–Crippen LogP) is 2.68. The molecule has 0 radical (unpaired) electrons. The minimum atomic E-state index is -0.533. The van der Waals surface area contributed by atoms with Crippen molar-refractivity contribution in [2.75, 3.05) is 44.2 Å². The van der Waals surface area contributed by atoms with E-state index >= 15 is 0 Å². The van der Waals surface area contributed by atoms with Crippen LogP contribution in [0.25, 0.3) is 0 Å². The molecule has 1 aliphatic heterocycles. The molecule has 6 nitrogen and oxygen atoms in total. The highest BCUT2D eigenvalue weighted by Gasteiger charge is 2.22. The summed E-state index contributed by atoms with van der Waals surface area (Å²) in [5.74, 6) is 0.756. The molecule has 3 heterocycles. The van der Waals surface area contributed by atoms with Gasteiger partial charge in [-0.2, -0.15) is 0 Å². The number of anilines is 1. The maximum Gasteiger partial charge on any atom is 0.129 e. The molecule has 8 heteroatoms. The van der Waals surface area contributed by atoms with E-state index in [-0.39, 0.29) is 6.61 Å². The molecule has 0 saturated carbocycles. The highest BCUT2D eigenvalue weighted by atomic mass is 35.5. The average Bonchev–Trinajstić information content (AvgIpc) is 3.09. The summed E-state index contributed by atoms with van der Waals surface area (Å²) in [6.07, 6.45) is 4.29. The van der Waals surface area contributed by atoms with Crippen LogP contribution in [0.1, 0.15) is 5.76 Å². The lowest BCUT2D eigenvalue weighted by molar-refractivity contribution is 0.00442. The molecule has 3 rings (SSSR count). The number of pyridine rings is 1. The van der Waals surface area contributed by atoms with Crippen LogP contribution in [0.5, 0.6) is 0 Å². The highest BCUT2D eigenvalue weighted by molar-refractivity contribution is 6.38. The van der Waals surface area contributed by atoms with Gasteiger partial charge in [-0.25, -0.2) is 0 Å². The van der Waals surface area contributed by atoms with Crippen molar-refractivity contribution in [2.24, 2.45) is 0 Å². The van der Waals surface area contributed by atoms with Gasteiger partial charge < -0.3 is 19.2 Å². The largest absolute Gasteiger partial charge is 0.467 e. The summed E-state index contributed by atoms with van der Waals surface area (Å²) >= 11 is 12.4. The molecule has 0 aromatic carbocycles. The number of nitrogens with zero attached hydrogens (tertiary/aromatic N) is 3. The van der Waals surface area contributed by atoms with Crippen molar-refractivity contribution in [3.8, 4) is 0 Å². The fourth-order valence-corrected chi connectivity index (χ4v) is 3.51. The van der Waals surface area contributed by atoms with Crippen LogP contribution in [0.2, 0.25) is 10.0 Å². The second kappa shape index (κ2) is 8.87. The van der Waals surface area contributed by atoms with E-state index in [0.29, 0.717) is 23.2 Å². The fourth-order valence-electron chi connectivity index (χ4n) is 2.90. The summed E-state index contributed by atoms with van der Waals surface area (Å²) in [4.78, 5) is 8.35. The molecule has 2 aromatic rings. The molecule has 1 N–H and O–H groups in total. The van der Waals surface area contributed by atoms with Gasteiger partial charge in [0.1, 0.15) is 12.4 Å². The zero-order valence-corrected chi connectivity index (χ0v) is 15.3. The summed E-state index contributed by atoms with van der Waals surface area (Å²) in [5.41, 5.74) is 0.834. The number of hydrogen-bond acceptors (Lipinski definition) is 6. The summed E-state index contributed by atoms with van der Waals surface area (Å²) in [6.45, 7) is 4.46. The van der Waals surface area contributed by atoms with Crippen LogP contribution >= 0.6 is 23.2 Å². The molecule has 25 heavy (non-hydrogen) atoms. The highest BCUT2D eigenvalue weighted by Crippen LogP contribution is 2.33. The monoisotopic (exact) mass is 385 g/mol. The van der Waals surface area contributed by atoms with Crippen LogP contribution in [-0.2, 0) is 11.3 Å². The normalized spacial score (nSPS) is 17.0. The summed E-state index contributed by atoms with van der Waals surface area (Å²) in [6, 6.07) is 3.66. The Kier molecular flexibility index (Phi) is 6.56. The standard InChI is InChI=1S/C17H21Cl2N3O3/c18-15-8-20-9-16(19)17(15)22-5-3-21(4-6-22)10-13(23)11-24-12-14-2-1-7-25-14/h1-2,7-9,13,23H,3-6,10-12H2. The lowest BCUT2D eigenvalue weighted by Gasteiger charge is -2.37. The Bertz CT molecular complexity index is 641. The van der Waals surface area contributed by atoms with Crippen LogP contribution < -0.4 is 4.90 Å². The third-order valence-electron chi connectivity index (χ3n) is 4.12. The molecular weight excluding hydrogens is 365 g/mol. The van der Waals surface area contributed by atoms with Gasteiger partial charge >= 0.3 is 0 Å². The van der Waals surface area contributed by atoms with E-state index in [1.165, 1.54) is 0 Å². The first-order valence-electron chi connectivity index (χ1n) is 8.18. The third kappa shape index (κ3) is 5.09. The summed E-state index contributed by atoms with van der Waals surface area (Å²) in [5, 5.41) is 11.3. The van der Waals surface area contributed by atoms with Crippen molar-refractivity contribution >= 4 is 28.9 Å². The van der Waals surface area contributed by atoms with E-state index < -0.39 is 6.10 Å². The van der Waals surface area contributed by atoms with E-state index in [9.17, 15) is 5.11 Å². The van der Waals surface area contributed by atoms with E-state index in [0.717, 1.165) is 37.6 Å². The molecule has 0 spiro atoms. The number of aromatic nitrogens is 1. The minimum Gasteiger partial charge on any atom is -0.467 e. The molecule has 136 valence electrons. The van der Waals surface area contributed by atoms with Crippen LogP contribution in [-0.4, -0.2) is 60.4 Å². The summed E-state index contributed by atoms with van der Waals surface area (Å²) in [7, 11) is 0. The lowest BCUT2D eigenvalue weighted by atomic mass is 10.2. The van der Waals surface area contributed by atoms with E-state index in [2.05, 4.69) is 14.8 Å². The van der Waals surface area contributed by atoms with Crippen molar-refractivity contribution in [2.45, 2.75) is 12.7 Å². The fraction of sp³-hybridized carbons (Fsp3) is 0.471. The Hall–Kier alpha value is -1.31. The molecule has 0 amide bonds. The third-order valence-corrected chi connectivity index (χ3v) is 4.67. The Balaban J connectivity index is 1.41. The minimum absolute atomic E-state index is 0.281. The Morgan fingerprint density at radius 3 is 2.56 bits per heavy atom. The Labute approximate surface area is 156 Å². The average molecular weight is 386 g/mol. The maximum absolute atomic E-state index is 10.1. The second-order valence-corrected chi connectivity index (χ2v) is 6.80. The van der Waals surface area contributed by atoms with E-state index in [4.69, 9.17) is 32.4 Å². The second-order valence-electron chi connectivity index (χ2n) is 5.99. The number of piperazine rings is 1. The lowest BCUT2D eigenvalue weighted by Crippen LogP contribution is -2.49. The number of hydrogen-bond donors (Lipinski definition) is 1. The first kappa shape index (κ1) is 18.5. The van der Waals surface area contributed by atoms with Gasteiger partial charge in [0.05, 0.1) is 34.7 Å². The van der Waals surface area contributed by atoms with Crippen LogP contribution in [0.3, 0.4) is 0 Å². The molecular formula is C17H21Cl2N3O3. The van der Waals surface area contributed by atoms with E-state index in [1.807, 2.05) is 12.1 Å². The van der Waals surface area contributed by atoms with Crippen LogP contribution in [0.4, 0.5) is 5.69 Å². The zero-order valence-electron chi connectivity index (χ0n) is 13.8. The Morgan fingerprint density at radius 2 is 1.92 bits per heavy atom. The van der Waals surface area contributed by atoms with Crippen molar-refractivity contribution in [3.63, 3.8) is 0 Å². The number of rotatable bonds is 7. The van der Waals surface area contributed by atoms with Gasteiger partial charge in [0.25, 0.3) is 0 Å².